The van der Waals surface area contributed by atoms with Gasteiger partial charge in [0.1, 0.15) is 0 Å². The van der Waals surface area contributed by atoms with E-state index in [2.05, 4.69) is 10.3 Å². The molecule has 3 rings (SSSR count). The lowest BCUT2D eigenvalue weighted by atomic mass is 10.1. The number of carbonyl (C=O) groups is 1. The van der Waals surface area contributed by atoms with Gasteiger partial charge in [0.05, 0.1) is 36.8 Å². The van der Waals surface area contributed by atoms with Gasteiger partial charge in [-0.05, 0) is 53.0 Å². The van der Waals surface area contributed by atoms with Gasteiger partial charge in [0.15, 0.2) is 0 Å². The summed E-state index contributed by atoms with van der Waals surface area (Å²) in [5.74, 6) is -0.131. The van der Waals surface area contributed by atoms with E-state index in [1.807, 2.05) is 52.8 Å². The smallest absolute Gasteiger partial charge is 0.318 e. The van der Waals surface area contributed by atoms with Crippen LogP contribution in [0.15, 0.2) is 41.7 Å². The number of benzene rings is 1. The second-order valence-electron chi connectivity index (χ2n) is 9.92. The summed E-state index contributed by atoms with van der Waals surface area (Å²) < 4.78 is 34.2. The molecule has 0 bridgehead atoms. The van der Waals surface area contributed by atoms with E-state index in [1.165, 1.54) is 0 Å². The van der Waals surface area contributed by atoms with Crippen molar-refractivity contribution in [1.82, 2.24) is 19.8 Å². The van der Waals surface area contributed by atoms with Gasteiger partial charge in [-0.1, -0.05) is 30.3 Å². The second kappa shape index (κ2) is 10.3. The normalized spacial score (nSPS) is 16.8. The van der Waals surface area contributed by atoms with E-state index in [0.29, 0.717) is 24.4 Å². The van der Waals surface area contributed by atoms with E-state index in [4.69, 9.17) is 4.74 Å². The van der Waals surface area contributed by atoms with Crippen molar-refractivity contribution >= 4 is 15.9 Å². The first kappa shape index (κ1) is 25.2. The summed E-state index contributed by atoms with van der Waals surface area (Å²) in [5.41, 5.74) is 1.00. The van der Waals surface area contributed by atoms with Gasteiger partial charge < -0.3 is 19.5 Å². The first-order chi connectivity index (χ1) is 15.5. The predicted octanol–water partition coefficient (Wildman–Crippen LogP) is 3.75. The molecule has 1 fully saturated rings. The maximum absolute atomic E-state index is 13.3. The molecule has 2 aromatic rings. The van der Waals surface area contributed by atoms with Crippen molar-refractivity contribution in [1.29, 1.82) is 0 Å². The summed E-state index contributed by atoms with van der Waals surface area (Å²) in [4.78, 5) is 19.0. The maximum atomic E-state index is 13.3. The van der Waals surface area contributed by atoms with E-state index in [1.54, 1.807) is 27.8 Å². The van der Waals surface area contributed by atoms with Crippen molar-refractivity contribution in [2.75, 3.05) is 6.61 Å². The molecule has 8 nitrogen and oxygen atoms in total. The van der Waals surface area contributed by atoms with E-state index in [0.717, 1.165) is 12.8 Å². The summed E-state index contributed by atoms with van der Waals surface area (Å²) >= 11 is 0. The average molecular weight is 477 g/mol. The number of amides is 2. The summed E-state index contributed by atoms with van der Waals surface area (Å²) in [7, 11) is -3.69. The summed E-state index contributed by atoms with van der Waals surface area (Å²) in [6.07, 6.45) is 3.33. The molecular weight excluding hydrogens is 440 g/mol. The molecule has 1 aliphatic heterocycles. The highest BCUT2D eigenvalue weighted by Crippen LogP contribution is 2.23. The van der Waals surface area contributed by atoms with Gasteiger partial charge in [0, 0.05) is 18.2 Å². The molecule has 1 N–H and O–H groups in total. The number of urea groups is 1. The molecule has 1 aliphatic rings. The van der Waals surface area contributed by atoms with Crippen molar-refractivity contribution in [3.63, 3.8) is 0 Å². The standard InChI is InChI=1S/C24H36N4O4S/c1-18(2)27(22(29)26-24(3,4)5)15-20-14-25-23(28(20)16-21-12-9-13-32-21)33(30,31)17-19-10-7-6-8-11-19/h6-8,10-11,14,18,21H,9,12-13,15-17H2,1-5H3,(H,26,29)/t21-/m1/s1. The van der Waals surface area contributed by atoms with Crippen LogP contribution in [0.3, 0.4) is 0 Å². The Kier molecular flexibility index (Phi) is 7.84. The average Bonchev–Trinajstić information content (AvgIpc) is 3.35. The van der Waals surface area contributed by atoms with Crippen LogP contribution in [0.25, 0.3) is 0 Å². The summed E-state index contributed by atoms with van der Waals surface area (Å²) in [5, 5.41) is 3.02. The van der Waals surface area contributed by atoms with Gasteiger partial charge in [-0.25, -0.2) is 18.2 Å². The molecule has 1 aromatic heterocycles. The molecule has 0 unspecified atom stereocenters. The zero-order valence-corrected chi connectivity index (χ0v) is 21.1. The van der Waals surface area contributed by atoms with Crippen LogP contribution in [0, 0.1) is 0 Å². The molecule has 182 valence electrons. The first-order valence-corrected chi connectivity index (χ1v) is 13.1. The number of carbonyl (C=O) groups excluding carboxylic acids is 1. The van der Waals surface area contributed by atoms with Crippen LogP contribution in [0.1, 0.15) is 58.7 Å². The van der Waals surface area contributed by atoms with Crippen molar-refractivity contribution in [2.45, 2.75) is 89.1 Å². The van der Waals surface area contributed by atoms with Gasteiger partial charge in [-0.3, -0.25) is 0 Å². The molecule has 2 heterocycles. The molecule has 1 atom stereocenters. The zero-order chi connectivity index (χ0) is 24.2. The van der Waals surface area contributed by atoms with E-state index < -0.39 is 9.84 Å². The number of ether oxygens (including phenoxy) is 1. The Morgan fingerprint density at radius 1 is 1.27 bits per heavy atom. The molecule has 0 saturated carbocycles. The van der Waals surface area contributed by atoms with Crippen LogP contribution in [0.2, 0.25) is 0 Å². The minimum Gasteiger partial charge on any atom is -0.376 e. The lowest BCUT2D eigenvalue weighted by Crippen LogP contribution is -2.50. The second-order valence-corrected chi connectivity index (χ2v) is 11.8. The highest BCUT2D eigenvalue weighted by atomic mass is 32.2. The quantitative estimate of drug-likeness (QED) is 0.626. The molecule has 0 aliphatic carbocycles. The molecular formula is C24H36N4O4S. The Hall–Kier alpha value is -2.39. The Balaban J connectivity index is 1.94. The van der Waals surface area contributed by atoms with Crippen molar-refractivity contribution in [3.8, 4) is 0 Å². The molecule has 1 saturated heterocycles. The number of rotatable bonds is 8. The van der Waals surface area contributed by atoms with Gasteiger partial charge in [-0.2, -0.15) is 0 Å². The number of nitrogens with one attached hydrogen (secondary N) is 1. The highest BCUT2D eigenvalue weighted by molar-refractivity contribution is 7.90. The molecule has 9 heteroatoms. The van der Waals surface area contributed by atoms with E-state index >= 15 is 0 Å². The van der Waals surface area contributed by atoms with Gasteiger partial charge >= 0.3 is 6.03 Å². The van der Waals surface area contributed by atoms with Crippen molar-refractivity contribution < 1.29 is 17.9 Å². The SMILES string of the molecule is CC(C)N(Cc1cnc(S(=O)(=O)Cc2ccccc2)n1C[C@H]1CCCO1)C(=O)NC(C)(C)C. The van der Waals surface area contributed by atoms with Crippen LogP contribution in [0.5, 0.6) is 0 Å². The third-order valence-electron chi connectivity index (χ3n) is 5.49. The molecule has 2 amide bonds. The van der Waals surface area contributed by atoms with Crippen molar-refractivity contribution in [3.05, 3.63) is 47.8 Å². The number of nitrogens with zero attached hydrogens (tertiary/aromatic N) is 3. The number of sulfone groups is 1. The minimum absolute atomic E-state index is 0.0248. The topological polar surface area (TPSA) is 93.5 Å². The van der Waals surface area contributed by atoms with Gasteiger partial charge in [0.2, 0.25) is 15.0 Å². The number of imidazole rings is 1. The number of hydrogen-bond acceptors (Lipinski definition) is 5. The maximum Gasteiger partial charge on any atom is 0.318 e. The Morgan fingerprint density at radius 3 is 2.55 bits per heavy atom. The Bertz CT molecular complexity index is 1040. The third-order valence-corrected chi connectivity index (χ3v) is 7.08. The summed E-state index contributed by atoms with van der Waals surface area (Å²) in [6, 6.07) is 8.81. The van der Waals surface area contributed by atoms with E-state index in [9.17, 15) is 13.2 Å². The first-order valence-electron chi connectivity index (χ1n) is 11.5. The lowest BCUT2D eigenvalue weighted by molar-refractivity contribution is 0.0932. The third kappa shape index (κ3) is 6.80. The van der Waals surface area contributed by atoms with Gasteiger partial charge in [-0.15, -0.1) is 0 Å². The van der Waals surface area contributed by atoms with Crippen molar-refractivity contribution in [2.24, 2.45) is 0 Å². The monoisotopic (exact) mass is 476 g/mol. The zero-order valence-electron chi connectivity index (χ0n) is 20.2. The Labute approximate surface area is 197 Å². The summed E-state index contributed by atoms with van der Waals surface area (Å²) in [6.45, 7) is 11.0. The predicted molar refractivity (Wildman–Crippen MR) is 127 cm³/mol. The number of hydrogen-bond donors (Lipinski definition) is 1. The van der Waals surface area contributed by atoms with Crippen LogP contribution in [0.4, 0.5) is 4.79 Å². The highest BCUT2D eigenvalue weighted by Gasteiger charge is 2.29. The fourth-order valence-electron chi connectivity index (χ4n) is 3.87. The van der Waals surface area contributed by atoms with Crippen LogP contribution in [-0.4, -0.2) is 53.2 Å². The fourth-order valence-corrected chi connectivity index (χ4v) is 5.37. The Morgan fingerprint density at radius 2 is 1.97 bits per heavy atom. The van der Waals surface area contributed by atoms with Gasteiger partial charge in [0.25, 0.3) is 0 Å². The van der Waals surface area contributed by atoms with Crippen LogP contribution in [-0.2, 0) is 33.4 Å². The molecule has 33 heavy (non-hydrogen) atoms. The molecule has 1 aromatic carbocycles. The minimum atomic E-state index is -3.69. The van der Waals surface area contributed by atoms with Crippen LogP contribution < -0.4 is 5.32 Å². The largest absolute Gasteiger partial charge is 0.376 e. The van der Waals surface area contributed by atoms with Crippen LogP contribution >= 0.6 is 0 Å². The number of aromatic nitrogens is 2. The molecule has 0 spiro atoms. The fraction of sp³-hybridized carbons (Fsp3) is 0.583. The molecule has 0 radical (unpaired) electrons. The van der Waals surface area contributed by atoms with E-state index in [-0.39, 0.29) is 41.2 Å². The lowest BCUT2D eigenvalue weighted by Gasteiger charge is -2.31.